The quantitative estimate of drug-likeness (QED) is 0.887. The van der Waals surface area contributed by atoms with E-state index in [2.05, 4.69) is 10.4 Å². The van der Waals surface area contributed by atoms with Gasteiger partial charge >= 0.3 is 0 Å². The lowest BCUT2D eigenvalue weighted by molar-refractivity contribution is -0.131. The summed E-state index contributed by atoms with van der Waals surface area (Å²) in [5.41, 5.74) is 1.65. The molecule has 1 atom stereocenters. The van der Waals surface area contributed by atoms with Gasteiger partial charge in [0.15, 0.2) is 0 Å². The van der Waals surface area contributed by atoms with Crippen LogP contribution in [0.3, 0.4) is 0 Å². The summed E-state index contributed by atoms with van der Waals surface area (Å²) in [4.78, 5) is 12.4. The largest absolute Gasteiger partial charge is 0.365 e. The highest BCUT2D eigenvalue weighted by Gasteiger charge is 2.24. The normalized spacial score (nSPS) is 16.4. The number of ether oxygens (including phenoxy) is 1. The molecule has 0 bridgehead atoms. The van der Waals surface area contributed by atoms with Gasteiger partial charge in [-0.25, -0.2) is 4.68 Å². The molecule has 0 radical (unpaired) electrons. The molecule has 2 aromatic rings. The second-order valence-electron chi connectivity index (χ2n) is 5.94. The van der Waals surface area contributed by atoms with E-state index < -0.39 is 6.10 Å². The number of amides is 1. The third-order valence-corrected chi connectivity index (χ3v) is 4.19. The summed E-state index contributed by atoms with van der Waals surface area (Å²) in [7, 11) is 0. The van der Waals surface area contributed by atoms with Crippen molar-refractivity contribution in [2.45, 2.75) is 51.2 Å². The van der Waals surface area contributed by atoms with Crippen LogP contribution in [-0.4, -0.2) is 27.9 Å². The molecule has 1 fully saturated rings. The second-order valence-corrected chi connectivity index (χ2v) is 5.94. The lowest BCUT2D eigenvalue weighted by atomic mass is 10.2. The predicted octanol–water partition coefficient (Wildman–Crippen LogP) is 3.55. The molecule has 23 heavy (non-hydrogen) atoms. The number of benzene rings is 1. The molecular formula is C18H23N3O2. The minimum atomic E-state index is -0.391. The SMILES string of the molecule is CCC(OC1CCCC1)C(=O)Nc1cnn(-c2ccccc2)c1. The summed E-state index contributed by atoms with van der Waals surface area (Å²) >= 11 is 0. The predicted molar refractivity (Wildman–Crippen MR) is 89.6 cm³/mol. The Morgan fingerprint density at radius 2 is 2.09 bits per heavy atom. The van der Waals surface area contributed by atoms with E-state index >= 15 is 0 Å². The molecule has 0 spiro atoms. The molecular weight excluding hydrogens is 290 g/mol. The van der Waals surface area contributed by atoms with E-state index in [0.29, 0.717) is 12.1 Å². The van der Waals surface area contributed by atoms with Crippen molar-refractivity contribution in [3.8, 4) is 5.69 Å². The van der Waals surface area contributed by atoms with Crippen LogP contribution in [0.2, 0.25) is 0 Å². The molecule has 1 aromatic heterocycles. The van der Waals surface area contributed by atoms with Crippen molar-refractivity contribution in [1.29, 1.82) is 0 Å². The maximum absolute atomic E-state index is 12.4. The number of carbonyl (C=O) groups is 1. The van der Waals surface area contributed by atoms with Gasteiger partial charge in [-0.05, 0) is 31.4 Å². The first-order chi connectivity index (χ1) is 11.3. The minimum Gasteiger partial charge on any atom is -0.365 e. The number of rotatable bonds is 6. The summed E-state index contributed by atoms with van der Waals surface area (Å²) < 4.78 is 7.69. The monoisotopic (exact) mass is 313 g/mol. The second kappa shape index (κ2) is 7.42. The molecule has 1 heterocycles. The zero-order valence-electron chi connectivity index (χ0n) is 13.4. The molecule has 3 rings (SSSR count). The maximum Gasteiger partial charge on any atom is 0.253 e. The van der Waals surface area contributed by atoms with Crippen LogP contribution in [0.15, 0.2) is 42.7 Å². The van der Waals surface area contributed by atoms with Gasteiger partial charge in [0.1, 0.15) is 6.10 Å². The standard InChI is InChI=1S/C18H23N3O2/c1-2-17(23-16-10-6-7-11-16)18(22)20-14-12-19-21(13-14)15-8-4-3-5-9-15/h3-5,8-9,12-13,16-17H,2,6-7,10-11H2,1H3,(H,20,22). The third kappa shape index (κ3) is 3.99. The van der Waals surface area contributed by atoms with Gasteiger partial charge in [-0.2, -0.15) is 5.10 Å². The summed E-state index contributed by atoms with van der Waals surface area (Å²) in [6.07, 6.45) is 8.53. The van der Waals surface area contributed by atoms with Crippen LogP contribution in [0.5, 0.6) is 0 Å². The molecule has 1 aliphatic carbocycles. The number of anilines is 1. The van der Waals surface area contributed by atoms with Crippen molar-refractivity contribution < 1.29 is 9.53 Å². The zero-order chi connectivity index (χ0) is 16.1. The lowest BCUT2D eigenvalue weighted by Crippen LogP contribution is -2.32. The third-order valence-electron chi connectivity index (χ3n) is 4.19. The molecule has 0 aliphatic heterocycles. The van der Waals surface area contributed by atoms with Crippen molar-refractivity contribution in [3.05, 3.63) is 42.7 Å². The van der Waals surface area contributed by atoms with Crippen LogP contribution in [0.25, 0.3) is 5.69 Å². The Hall–Kier alpha value is -2.14. The van der Waals surface area contributed by atoms with Gasteiger partial charge in [0.2, 0.25) is 0 Å². The van der Waals surface area contributed by atoms with Gasteiger partial charge < -0.3 is 10.1 Å². The molecule has 1 amide bonds. The summed E-state index contributed by atoms with van der Waals surface area (Å²) in [6.45, 7) is 1.98. The van der Waals surface area contributed by atoms with Crippen LogP contribution >= 0.6 is 0 Å². The van der Waals surface area contributed by atoms with E-state index in [9.17, 15) is 4.79 Å². The van der Waals surface area contributed by atoms with Crippen LogP contribution in [-0.2, 0) is 9.53 Å². The molecule has 122 valence electrons. The topological polar surface area (TPSA) is 56.1 Å². The highest BCUT2D eigenvalue weighted by atomic mass is 16.5. The number of carbonyl (C=O) groups excluding carboxylic acids is 1. The fourth-order valence-electron chi connectivity index (χ4n) is 2.93. The van der Waals surface area contributed by atoms with Gasteiger partial charge in [-0.1, -0.05) is 38.0 Å². The molecule has 1 unspecified atom stereocenters. The van der Waals surface area contributed by atoms with Crippen molar-refractivity contribution >= 4 is 11.6 Å². The Morgan fingerprint density at radius 3 is 2.78 bits per heavy atom. The van der Waals surface area contributed by atoms with Gasteiger partial charge in [-0.3, -0.25) is 4.79 Å². The van der Waals surface area contributed by atoms with E-state index in [0.717, 1.165) is 18.5 Å². The summed E-state index contributed by atoms with van der Waals surface area (Å²) in [5.74, 6) is -0.0907. The molecule has 5 nitrogen and oxygen atoms in total. The number of hydrogen-bond donors (Lipinski definition) is 1. The zero-order valence-corrected chi connectivity index (χ0v) is 13.4. The van der Waals surface area contributed by atoms with Gasteiger partial charge in [0.05, 0.1) is 29.9 Å². The van der Waals surface area contributed by atoms with Crippen molar-refractivity contribution in [2.75, 3.05) is 5.32 Å². The highest BCUT2D eigenvalue weighted by molar-refractivity contribution is 5.93. The van der Waals surface area contributed by atoms with Gasteiger partial charge in [0.25, 0.3) is 5.91 Å². The van der Waals surface area contributed by atoms with Crippen LogP contribution < -0.4 is 5.32 Å². The van der Waals surface area contributed by atoms with Crippen LogP contribution in [0.4, 0.5) is 5.69 Å². The Balaban J connectivity index is 1.61. The maximum atomic E-state index is 12.4. The lowest BCUT2D eigenvalue weighted by Gasteiger charge is -2.19. The van der Waals surface area contributed by atoms with E-state index in [-0.39, 0.29) is 12.0 Å². The van der Waals surface area contributed by atoms with Crippen molar-refractivity contribution in [3.63, 3.8) is 0 Å². The molecule has 1 aliphatic rings. The smallest absolute Gasteiger partial charge is 0.253 e. The molecule has 5 heteroatoms. The number of nitrogens with zero attached hydrogens (tertiary/aromatic N) is 2. The Bertz CT molecular complexity index is 633. The van der Waals surface area contributed by atoms with Crippen LogP contribution in [0.1, 0.15) is 39.0 Å². The van der Waals surface area contributed by atoms with Crippen molar-refractivity contribution in [2.24, 2.45) is 0 Å². The fourth-order valence-corrected chi connectivity index (χ4v) is 2.93. The summed E-state index contributed by atoms with van der Waals surface area (Å²) in [6, 6.07) is 9.81. The van der Waals surface area contributed by atoms with E-state index in [4.69, 9.17) is 4.74 Å². The minimum absolute atomic E-state index is 0.0907. The number of para-hydroxylation sites is 1. The Kier molecular flexibility index (Phi) is 5.08. The van der Waals surface area contributed by atoms with Gasteiger partial charge in [-0.15, -0.1) is 0 Å². The van der Waals surface area contributed by atoms with Gasteiger partial charge in [0, 0.05) is 0 Å². The Labute approximate surface area is 136 Å². The summed E-state index contributed by atoms with van der Waals surface area (Å²) in [5, 5.41) is 7.20. The number of aromatic nitrogens is 2. The average molecular weight is 313 g/mol. The Morgan fingerprint density at radius 1 is 1.35 bits per heavy atom. The number of nitrogens with one attached hydrogen (secondary N) is 1. The molecule has 1 saturated carbocycles. The molecule has 1 aromatic carbocycles. The first-order valence-corrected chi connectivity index (χ1v) is 8.32. The van der Waals surface area contributed by atoms with E-state index in [1.807, 2.05) is 43.5 Å². The first-order valence-electron chi connectivity index (χ1n) is 8.32. The highest BCUT2D eigenvalue weighted by Crippen LogP contribution is 2.23. The van der Waals surface area contributed by atoms with E-state index in [1.165, 1.54) is 12.8 Å². The molecule has 1 N–H and O–H groups in total. The molecule has 0 saturated heterocycles. The first kappa shape index (κ1) is 15.7. The number of hydrogen-bond acceptors (Lipinski definition) is 3. The van der Waals surface area contributed by atoms with Crippen molar-refractivity contribution in [1.82, 2.24) is 9.78 Å². The fraction of sp³-hybridized carbons (Fsp3) is 0.444. The van der Waals surface area contributed by atoms with Crippen LogP contribution in [0, 0.1) is 0 Å². The van der Waals surface area contributed by atoms with E-state index in [1.54, 1.807) is 10.9 Å². The average Bonchev–Trinajstić information content (AvgIpc) is 3.25.